The summed E-state index contributed by atoms with van der Waals surface area (Å²) in [5.74, 6) is 0. The van der Waals surface area contributed by atoms with Gasteiger partial charge in [-0.15, -0.1) is 0 Å². The average molecular weight is 261 g/mol. The Morgan fingerprint density at radius 3 is 2.50 bits per heavy atom. The monoisotopic (exact) mass is 261 g/mol. The van der Waals surface area contributed by atoms with Gasteiger partial charge in [0, 0.05) is 12.2 Å². The molecule has 1 nitrogen and oxygen atoms in total. The van der Waals surface area contributed by atoms with E-state index in [1.807, 2.05) is 0 Å². The fraction of sp³-hybridized carbons (Fsp3) is 0.158. The Morgan fingerprint density at radius 2 is 1.65 bits per heavy atom. The number of hydrogen-bond acceptors (Lipinski definition) is 1. The molecule has 0 saturated heterocycles. The summed E-state index contributed by atoms with van der Waals surface area (Å²) in [4.78, 5) is 0. The molecule has 0 aliphatic carbocycles. The minimum Gasteiger partial charge on any atom is -0.385 e. The molecule has 0 aliphatic heterocycles. The standard InChI is InChI=1S/C19H19N/c1-15-5-4-6-16(13-15)11-12-20-19-10-9-17-7-2-3-8-18(17)14-19/h2-10,13-14,20H,11-12H2,1H3. The molecule has 0 saturated carbocycles. The number of rotatable bonds is 4. The van der Waals surface area contributed by atoms with Crippen LogP contribution in [0.15, 0.2) is 66.7 Å². The van der Waals surface area contributed by atoms with Crippen LogP contribution in [-0.2, 0) is 6.42 Å². The highest BCUT2D eigenvalue weighted by Gasteiger charge is 1.97. The molecule has 0 atom stereocenters. The van der Waals surface area contributed by atoms with Crippen LogP contribution in [0, 0.1) is 6.92 Å². The number of aryl methyl sites for hydroxylation is 1. The first kappa shape index (κ1) is 12.7. The van der Waals surface area contributed by atoms with Crippen LogP contribution < -0.4 is 5.32 Å². The number of fused-ring (bicyclic) bond motifs is 1. The summed E-state index contributed by atoms with van der Waals surface area (Å²) < 4.78 is 0. The van der Waals surface area contributed by atoms with E-state index in [-0.39, 0.29) is 0 Å². The van der Waals surface area contributed by atoms with Crippen LogP contribution in [-0.4, -0.2) is 6.54 Å². The molecule has 1 N–H and O–H groups in total. The first-order valence-electron chi connectivity index (χ1n) is 7.09. The van der Waals surface area contributed by atoms with Crippen molar-refractivity contribution in [1.82, 2.24) is 0 Å². The van der Waals surface area contributed by atoms with Gasteiger partial charge in [0.15, 0.2) is 0 Å². The van der Waals surface area contributed by atoms with Crippen molar-refractivity contribution >= 4 is 16.5 Å². The lowest BCUT2D eigenvalue weighted by atomic mass is 10.1. The third-order valence-electron chi connectivity index (χ3n) is 3.57. The van der Waals surface area contributed by atoms with Gasteiger partial charge >= 0.3 is 0 Å². The summed E-state index contributed by atoms with van der Waals surface area (Å²) in [5.41, 5.74) is 3.91. The lowest BCUT2D eigenvalue weighted by Gasteiger charge is -2.08. The smallest absolute Gasteiger partial charge is 0.0346 e. The van der Waals surface area contributed by atoms with Crippen LogP contribution in [0.1, 0.15) is 11.1 Å². The van der Waals surface area contributed by atoms with Crippen molar-refractivity contribution in [2.24, 2.45) is 0 Å². The SMILES string of the molecule is Cc1cccc(CCNc2ccc3ccccc3c2)c1. The average Bonchev–Trinajstić information content (AvgIpc) is 2.47. The first-order valence-corrected chi connectivity index (χ1v) is 7.09. The fourth-order valence-electron chi connectivity index (χ4n) is 2.52. The predicted octanol–water partition coefficient (Wildman–Crippen LogP) is 4.80. The van der Waals surface area contributed by atoms with Crippen molar-refractivity contribution in [2.45, 2.75) is 13.3 Å². The van der Waals surface area contributed by atoms with Gasteiger partial charge in [-0.3, -0.25) is 0 Å². The van der Waals surface area contributed by atoms with Crippen LogP contribution >= 0.6 is 0 Å². The molecule has 100 valence electrons. The Labute approximate surface area is 120 Å². The van der Waals surface area contributed by atoms with Crippen molar-refractivity contribution in [3.63, 3.8) is 0 Å². The summed E-state index contributed by atoms with van der Waals surface area (Å²) in [6, 6.07) is 23.7. The van der Waals surface area contributed by atoms with Crippen LogP contribution in [0.2, 0.25) is 0 Å². The molecule has 0 bridgehead atoms. The van der Waals surface area contributed by atoms with Crippen molar-refractivity contribution in [2.75, 3.05) is 11.9 Å². The van der Waals surface area contributed by atoms with Crippen LogP contribution in [0.4, 0.5) is 5.69 Å². The maximum atomic E-state index is 3.50. The van der Waals surface area contributed by atoms with Gasteiger partial charge in [-0.2, -0.15) is 0 Å². The van der Waals surface area contributed by atoms with Gasteiger partial charge in [0.05, 0.1) is 0 Å². The molecule has 0 aliphatic rings. The summed E-state index contributed by atoms with van der Waals surface area (Å²) in [7, 11) is 0. The molecular weight excluding hydrogens is 242 g/mol. The van der Waals surface area contributed by atoms with Gasteiger partial charge < -0.3 is 5.32 Å². The van der Waals surface area contributed by atoms with Gasteiger partial charge in [-0.1, -0.05) is 60.2 Å². The molecule has 0 radical (unpaired) electrons. The zero-order valence-corrected chi connectivity index (χ0v) is 11.8. The molecular formula is C19H19N. The van der Waals surface area contributed by atoms with Crippen molar-refractivity contribution in [3.8, 4) is 0 Å². The van der Waals surface area contributed by atoms with E-state index in [2.05, 4.69) is 79.0 Å². The topological polar surface area (TPSA) is 12.0 Å². The van der Waals surface area contributed by atoms with E-state index in [9.17, 15) is 0 Å². The summed E-state index contributed by atoms with van der Waals surface area (Å²) in [5, 5.41) is 6.08. The number of benzene rings is 3. The Balaban J connectivity index is 1.65. The Kier molecular flexibility index (Phi) is 3.69. The second kappa shape index (κ2) is 5.79. The van der Waals surface area contributed by atoms with E-state index in [0.717, 1.165) is 13.0 Å². The highest BCUT2D eigenvalue weighted by Crippen LogP contribution is 2.18. The van der Waals surface area contributed by atoms with Gasteiger partial charge in [-0.25, -0.2) is 0 Å². The van der Waals surface area contributed by atoms with Crippen molar-refractivity contribution in [1.29, 1.82) is 0 Å². The number of anilines is 1. The minimum atomic E-state index is 0.960. The molecule has 0 spiro atoms. The molecule has 0 unspecified atom stereocenters. The fourth-order valence-corrected chi connectivity index (χ4v) is 2.52. The maximum absolute atomic E-state index is 3.50. The normalized spacial score (nSPS) is 10.7. The Bertz CT molecular complexity index is 716. The molecule has 0 amide bonds. The lowest BCUT2D eigenvalue weighted by Crippen LogP contribution is -2.04. The number of nitrogens with one attached hydrogen (secondary N) is 1. The molecule has 3 rings (SSSR count). The van der Waals surface area contributed by atoms with Gasteiger partial charge in [0.2, 0.25) is 0 Å². The quantitative estimate of drug-likeness (QED) is 0.711. The van der Waals surface area contributed by atoms with Crippen LogP contribution in [0.5, 0.6) is 0 Å². The third-order valence-corrected chi connectivity index (χ3v) is 3.57. The summed E-state index contributed by atoms with van der Waals surface area (Å²) in [6.45, 7) is 3.10. The second-order valence-corrected chi connectivity index (χ2v) is 5.23. The predicted molar refractivity (Wildman–Crippen MR) is 87.3 cm³/mol. The number of hydrogen-bond donors (Lipinski definition) is 1. The zero-order chi connectivity index (χ0) is 13.8. The summed E-state index contributed by atoms with van der Waals surface area (Å²) >= 11 is 0. The molecule has 3 aromatic rings. The second-order valence-electron chi connectivity index (χ2n) is 5.23. The first-order chi connectivity index (χ1) is 9.81. The molecule has 0 fully saturated rings. The van der Waals surface area contributed by atoms with Crippen molar-refractivity contribution in [3.05, 3.63) is 77.9 Å². The Morgan fingerprint density at radius 1 is 0.800 bits per heavy atom. The maximum Gasteiger partial charge on any atom is 0.0346 e. The molecule has 20 heavy (non-hydrogen) atoms. The van der Waals surface area contributed by atoms with E-state index in [4.69, 9.17) is 0 Å². The van der Waals surface area contributed by atoms with Gasteiger partial charge in [-0.05, 0) is 41.8 Å². The lowest BCUT2D eigenvalue weighted by molar-refractivity contribution is 1.02. The van der Waals surface area contributed by atoms with E-state index >= 15 is 0 Å². The van der Waals surface area contributed by atoms with E-state index in [1.54, 1.807) is 0 Å². The van der Waals surface area contributed by atoms with E-state index < -0.39 is 0 Å². The molecule has 3 aromatic carbocycles. The Hall–Kier alpha value is -2.28. The van der Waals surface area contributed by atoms with Crippen molar-refractivity contribution < 1.29 is 0 Å². The van der Waals surface area contributed by atoms with E-state index in [0.29, 0.717) is 0 Å². The highest BCUT2D eigenvalue weighted by atomic mass is 14.9. The largest absolute Gasteiger partial charge is 0.385 e. The zero-order valence-electron chi connectivity index (χ0n) is 11.8. The molecule has 0 aromatic heterocycles. The minimum absolute atomic E-state index is 0.960. The van der Waals surface area contributed by atoms with Crippen LogP contribution in [0.25, 0.3) is 10.8 Å². The van der Waals surface area contributed by atoms with Gasteiger partial charge in [0.1, 0.15) is 0 Å². The van der Waals surface area contributed by atoms with E-state index in [1.165, 1.54) is 27.6 Å². The highest BCUT2D eigenvalue weighted by molar-refractivity contribution is 5.85. The third kappa shape index (κ3) is 3.00. The molecule has 0 heterocycles. The van der Waals surface area contributed by atoms with Gasteiger partial charge in [0.25, 0.3) is 0 Å². The molecule has 1 heteroatoms. The summed E-state index contributed by atoms with van der Waals surface area (Å²) in [6.07, 6.45) is 1.05. The van der Waals surface area contributed by atoms with Crippen LogP contribution in [0.3, 0.4) is 0 Å².